The van der Waals surface area contributed by atoms with Crippen LogP contribution in [0.15, 0.2) is 59.7 Å². The molecule has 2 aromatic heterocycles. The highest BCUT2D eigenvalue weighted by molar-refractivity contribution is 6.30. The molecule has 1 aliphatic rings. The molecule has 1 fully saturated rings. The molecule has 27 heavy (non-hydrogen) atoms. The summed E-state index contributed by atoms with van der Waals surface area (Å²) >= 11 is 5.99. The fourth-order valence-corrected chi connectivity index (χ4v) is 3.32. The second-order valence-electron chi connectivity index (χ2n) is 6.43. The number of hydrogen-bond acceptors (Lipinski definition) is 5. The third-order valence-corrected chi connectivity index (χ3v) is 4.93. The maximum atomic E-state index is 12.5. The smallest absolute Gasteiger partial charge is 0.255 e. The van der Waals surface area contributed by atoms with Crippen molar-refractivity contribution in [3.63, 3.8) is 0 Å². The fourth-order valence-electron chi connectivity index (χ4n) is 3.19. The molecule has 0 unspecified atom stereocenters. The van der Waals surface area contributed by atoms with E-state index in [0.717, 1.165) is 11.1 Å². The second kappa shape index (κ2) is 7.50. The first-order valence-electron chi connectivity index (χ1n) is 8.72. The van der Waals surface area contributed by atoms with E-state index in [1.165, 1.54) is 0 Å². The molecule has 3 aromatic rings. The third kappa shape index (κ3) is 3.72. The maximum Gasteiger partial charge on any atom is 0.255 e. The van der Waals surface area contributed by atoms with Crippen molar-refractivity contribution in [2.24, 2.45) is 7.05 Å². The van der Waals surface area contributed by atoms with Crippen molar-refractivity contribution in [3.05, 3.63) is 75.8 Å². The van der Waals surface area contributed by atoms with Gasteiger partial charge < -0.3 is 9.64 Å². The Bertz CT molecular complexity index is 989. The number of morpholine rings is 1. The van der Waals surface area contributed by atoms with Gasteiger partial charge in [-0.2, -0.15) is 0 Å². The van der Waals surface area contributed by atoms with E-state index in [1.807, 2.05) is 36.4 Å². The standard InChI is InChI=1S/C20H19ClN4O2/c1-24-19(26)12-17(14-6-8-22-9-7-14)23-20(24)25-10-11-27-18(13-25)15-2-4-16(21)5-3-15/h2-9,12,18H,10-11,13H2,1H3/t18-/m0/s1. The molecule has 0 N–H and O–H groups in total. The molecule has 0 aliphatic carbocycles. The number of nitrogens with zero attached hydrogens (tertiary/aromatic N) is 4. The van der Waals surface area contributed by atoms with Crippen LogP contribution in [0.5, 0.6) is 0 Å². The summed E-state index contributed by atoms with van der Waals surface area (Å²) in [7, 11) is 1.74. The van der Waals surface area contributed by atoms with E-state index in [2.05, 4.69) is 9.88 Å². The average Bonchev–Trinajstić information content (AvgIpc) is 2.71. The van der Waals surface area contributed by atoms with Gasteiger partial charge in [-0.05, 0) is 29.8 Å². The first kappa shape index (κ1) is 17.7. The van der Waals surface area contributed by atoms with Gasteiger partial charge in [-0.3, -0.25) is 14.3 Å². The minimum Gasteiger partial charge on any atom is -0.370 e. The number of aromatic nitrogens is 3. The highest BCUT2D eigenvalue weighted by atomic mass is 35.5. The summed E-state index contributed by atoms with van der Waals surface area (Å²) in [5.41, 5.74) is 2.47. The Labute approximate surface area is 162 Å². The second-order valence-corrected chi connectivity index (χ2v) is 6.87. The monoisotopic (exact) mass is 382 g/mol. The molecule has 0 bridgehead atoms. The van der Waals surface area contributed by atoms with Crippen molar-refractivity contribution in [1.29, 1.82) is 0 Å². The van der Waals surface area contributed by atoms with Crippen molar-refractivity contribution < 1.29 is 4.74 Å². The molecular formula is C20H19ClN4O2. The van der Waals surface area contributed by atoms with Crippen molar-refractivity contribution in [2.45, 2.75) is 6.10 Å². The largest absolute Gasteiger partial charge is 0.370 e. The summed E-state index contributed by atoms with van der Waals surface area (Å²) in [6, 6.07) is 12.9. The highest BCUT2D eigenvalue weighted by Gasteiger charge is 2.25. The molecule has 1 aromatic carbocycles. The van der Waals surface area contributed by atoms with Crippen molar-refractivity contribution in [2.75, 3.05) is 24.6 Å². The predicted molar refractivity (Wildman–Crippen MR) is 105 cm³/mol. The summed E-state index contributed by atoms with van der Waals surface area (Å²) in [5, 5.41) is 0.695. The van der Waals surface area contributed by atoms with Crippen LogP contribution in [0.4, 0.5) is 5.95 Å². The molecule has 1 saturated heterocycles. The van der Waals surface area contributed by atoms with Gasteiger partial charge >= 0.3 is 0 Å². The molecule has 0 saturated carbocycles. The Hall–Kier alpha value is -2.70. The lowest BCUT2D eigenvalue weighted by atomic mass is 10.1. The van der Waals surface area contributed by atoms with Gasteiger partial charge in [0.1, 0.15) is 6.10 Å². The van der Waals surface area contributed by atoms with Gasteiger partial charge in [-0.15, -0.1) is 0 Å². The molecule has 1 aliphatic heterocycles. The van der Waals surface area contributed by atoms with Crippen LogP contribution >= 0.6 is 11.6 Å². The molecular weight excluding hydrogens is 364 g/mol. The van der Waals surface area contributed by atoms with Crippen LogP contribution in [-0.4, -0.2) is 34.2 Å². The molecule has 4 rings (SSSR count). The van der Waals surface area contributed by atoms with Crippen LogP contribution in [-0.2, 0) is 11.8 Å². The normalized spacial score (nSPS) is 17.1. The zero-order valence-corrected chi connectivity index (χ0v) is 15.6. The lowest BCUT2D eigenvalue weighted by Gasteiger charge is -2.34. The molecule has 0 amide bonds. The van der Waals surface area contributed by atoms with Crippen LogP contribution < -0.4 is 10.5 Å². The van der Waals surface area contributed by atoms with Crippen LogP contribution in [0.25, 0.3) is 11.3 Å². The Morgan fingerprint density at radius 2 is 1.89 bits per heavy atom. The van der Waals surface area contributed by atoms with Gasteiger partial charge in [-0.1, -0.05) is 23.7 Å². The number of rotatable bonds is 3. The summed E-state index contributed by atoms with van der Waals surface area (Å²) < 4.78 is 7.51. The Kier molecular flexibility index (Phi) is 4.92. The van der Waals surface area contributed by atoms with E-state index in [0.29, 0.717) is 36.4 Å². The minimum absolute atomic E-state index is 0.0960. The molecule has 3 heterocycles. The average molecular weight is 383 g/mol. The van der Waals surface area contributed by atoms with Crippen LogP contribution in [0.2, 0.25) is 5.02 Å². The quantitative estimate of drug-likeness (QED) is 0.696. The van der Waals surface area contributed by atoms with E-state index < -0.39 is 0 Å². The lowest BCUT2D eigenvalue weighted by molar-refractivity contribution is 0.0390. The van der Waals surface area contributed by atoms with Gasteiger partial charge in [-0.25, -0.2) is 4.98 Å². The molecule has 7 heteroatoms. The van der Waals surface area contributed by atoms with E-state index >= 15 is 0 Å². The summed E-state index contributed by atoms with van der Waals surface area (Å²) in [5.74, 6) is 0.636. The van der Waals surface area contributed by atoms with Crippen LogP contribution in [0, 0.1) is 0 Å². The number of ether oxygens (including phenoxy) is 1. The molecule has 138 valence electrons. The molecule has 1 atom stereocenters. The van der Waals surface area contributed by atoms with E-state index in [4.69, 9.17) is 21.3 Å². The van der Waals surface area contributed by atoms with Crippen molar-refractivity contribution in [3.8, 4) is 11.3 Å². The number of halogens is 1. The fraction of sp³-hybridized carbons (Fsp3) is 0.250. The van der Waals surface area contributed by atoms with Gasteiger partial charge in [0.15, 0.2) is 0 Å². The van der Waals surface area contributed by atoms with Gasteiger partial charge in [0.2, 0.25) is 5.95 Å². The number of hydrogen-bond donors (Lipinski definition) is 0. The zero-order valence-electron chi connectivity index (χ0n) is 14.9. The van der Waals surface area contributed by atoms with Gasteiger partial charge in [0, 0.05) is 42.6 Å². The van der Waals surface area contributed by atoms with Crippen LogP contribution in [0.3, 0.4) is 0 Å². The van der Waals surface area contributed by atoms with E-state index in [1.54, 1.807) is 30.1 Å². The first-order valence-corrected chi connectivity index (χ1v) is 9.10. The highest BCUT2D eigenvalue weighted by Crippen LogP contribution is 2.26. The van der Waals surface area contributed by atoms with Gasteiger partial charge in [0.25, 0.3) is 5.56 Å². The topological polar surface area (TPSA) is 60.2 Å². The number of pyridine rings is 1. The van der Waals surface area contributed by atoms with Crippen LogP contribution in [0.1, 0.15) is 11.7 Å². The molecule has 0 radical (unpaired) electrons. The zero-order chi connectivity index (χ0) is 18.8. The molecule has 6 nitrogen and oxygen atoms in total. The summed E-state index contributed by atoms with van der Waals surface area (Å²) in [6.07, 6.45) is 3.29. The Morgan fingerprint density at radius 3 is 2.63 bits per heavy atom. The maximum absolute atomic E-state index is 12.5. The van der Waals surface area contributed by atoms with E-state index in [-0.39, 0.29) is 11.7 Å². The van der Waals surface area contributed by atoms with Crippen molar-refractivity contribution >= 4 is 17.5 Å². The van der Waals surface area contributed by atoms with E-state index in [9.17, 15) is 4.79 Å². The summed E-state index contributed by atoms with van der Waals surface area (Å²) in [4.78, 5) is 23.4. The minimum atomic E-state index is -0.0995. The third-order valence-electron chi connectivity index (χ3n) is 4.68. The summed E-state index contributed by atoms with van der Waals surface area (Å²) in [6.45, 7) is 1.84. The first-order chi connectivity index (χ1) is 13.1. The SMILES string of the molecule is Cn1c(N2CCO[C@H](c3ccc(Cl)cc3)C2)nc(-c2ccncc2)cc1=O. The predicted octanol–water partition coefficient (Wildman–Crippen LogP) is 3.07. The Balaban J connectivity index is 1.67. The Morgan fingerprint density at radius 1 is 1.15 bits per heavy atom. The number of benzene rings is 1. The lowest BCUT2D eigenvalue weighted by Crippen LogP contribution is -2.41. The van der Waals surface area contributed by atoms with Crippen molar-refractivity contribution in [1.82, 2.24) is 14.5 Å². The molecule has 0 spiro atoms. The number of anilines is 1. The van der Waals surface area contributed by atoms with Gasteiger partial charge in [0.05, 0.1) is 18.8 Å².